The van der Waals surface area contributed by atoms with Crippen molar-refractivity contribution in [3.63, 3.8) is 0 Å². The molecule has 2 N–H and O–H groups in total. The lowest BCUT2D eigenvalue weighted by atomic mass is 10.2. The first-order chi connectivity index (χ1) is 13.0. The smallest absolute Gasteiger partial charge is 0.338 e. The van der Waals surface area contributed by atoms with E-state index in [1.165, 1.54) is 24.3 Å². The van der Waals surface area contributed by atoms with Crippen molar-refractivity contribution in [3.05, 3.63) is 94.3 Å². The second-order valence-electron chi connectivity index (χ2n) is 5.80. The normalized spacial score (nSPS) is 10.4. The molecule has 0 bridgehead atoms. The van der Waals surface area contributed by atoms with Gasteiger partial charge in [0.15, 0.2) is 0 Å². The van der Waals surface area contributed by atoms with E-state index < -0.39 is 11.8 Å². The fourth-order valence-electron chi connectivity index (χ4n) is 2.41. The number of nitrogen functional groups attached to an aromatic ring is 1. The second kappa shape index (κ2) is 8.56. The molecule has 0 atom stereocenters. The number of anilines is 1. The summed E-state index contributed by atoms with van der Waals surface area (Å²) in [5.41, 5.74) is 7.60. The summed E-state index contributed by atoms with van der Waals surface area (Å²) in [7, 11) is 0. The number of hydrogen-bond donors (Lipinski definition) is 1. The SMILES string of the molecule is Nc1ccc(C(=O)OCc2ccccc2)cc1OCc1c(F)cccc1Cl. The Bertz CT molecular complexity index is 927. The number of carbonyl (C=O) groups is 1. The summed E-state index contributed by atoms with van der Waals surface area (Å²) < 4.78 is 24.7. The molecule has 138 valence electrons. The number of nitrogens with two attached hydrogens (primary N) is 1. The average Bonchev–Trinajstić information content (AvgIpc) is 2.68. The predicted octanol–water partition coefficient (Wildman–Crippen LogP) is 5.00. The zero-order chi connectivity index (χ0) is 19.2. The van der Waals surface area contributed by atoms with Crippen LogP contribution in [0.1, 0.15) is 21.5 Å². The maximum absolute atomic E-state index is 13.9. The van der Waals surface area contributed by atoms with Gasteiger partial charge in [-0.15, -0.1) is 0 Å². The third kappa shape index (κ3) is 4.77. The number of esters is 1. The average molecular weight is 386 g/mol. The molecule has 0 fully saturated rings. The third-order valence-corrected chi connectivity index (χ3v) is 4.25. The van der Waals surface area contributed by atoms with Gasteiger partial charge in [0.2, 0.25) is 0 Å². The van der Waals surface area contributed by atoms with Gasteiger partial charge in [-0.1, -0.05) is 48.0 Å². The molecule has 0 unspecified atom stereocenters. The van der Waals surface area contributed by atoms with Crippen molar-refractivity contribution in [1.29, 1.82) is 0 Å². The first kappa shape index (κ1) is 18.7. The van der Waals surface area contributed by atoms with Crippen LogP contribution in [0.4, 0.5) is 10.1 Å². The van der Waals surface area contributed by atoms with E-state index >= 15 is 0 Å². The number of ether oxygens (including phenoxy) is 2. The van der Waals surface area contributed by atoms with Crippen LogP contribution in [0.5, 0.6) is 5.75 Å². The van der Waals surface area contributed by atoms with Gasteiger partial charge in [0, 0.05) is 5.56 Å². The topological polar surface area (TPSA) is 61.6 Å². The van der Waals surface area contributed by atoms with Crippen molar-refractivity contribution < 1.29 is 18.7 Å². The highest BCUT2D eigenvalue weighted by molar-refractivity contribution is 6.31. The number of halogens is 2. The van der Waals surface area contributed by atoms with E-state index in [1.54, 1.807) is 12.1 Å². The maximum atomic E-state index is 13.9. The Morgan fingerprint density at radius 2 is 1.78 bits per heavy atom. The summed E-state index contributed by atoms with van der Waals surface area (Å²) in [5.74, 6) is -0.726. The van der Waals surface area contributed by atoms with Crippen LogP contribution in [-0.4, -0.2) is 5.97 Å². The Kier molecular flexibility index (Phi) is 5.94. The number of rotatable bonds is 6. The van der Waals surface area contributed by atoms with Crippen LogP contribution in [0.15, 0.2) is 66.7 Å². The number of benzene rings is 3. The summed E-state index contributed by atoms with van der Waals surface area (Å²) in [6.07, 6.45) is 0. The molecular formula is C21H17ClFNO3. The van der Waals surface area contributed by atoms with Gasteiger partial charge in [-0.25, -0.2) is 9.18 Å². The molecule has 0 radical (unpaired) electrons. The summed E-state index contributed by atoms with van der Waals surface area (Å²) in [6.45, 7) is 0.0449. The van der Waals surface area contributed by atoms with Gasteiger partial charge in [0.05, 0.1) is 16.3 Å². The van der Waals surface area contributed by atoms with E-state index in [0.717, 1.165) is 5.56 Å². The first-order valence-electron chi connectivity index (χ1n) is 8.21. The molecular weight excluding hydrogens is 369 g/mol. The quantitative estimate of drug-likeness (QED) is 0.479. The lowest BCUT2D eigenvalue weighted by Gasteiger charge is -2.12. The van der Waals surface area contributed by atoms with Crippen LogP contribution < -0.4 is 10.5 Å². The molecule has 3 aromatic rings. The van der Waals surface area contributed by atoms with Gasteiger partial charge in [-0.05, 0) is 35.9 Å². The molecule has 0 aliphatic carbocycles. The largest absolute Gasteiger partial charge is 0.487 e. The van der Waals surface area contributed by atoms with Crippen molar-refractivity contribution in [1.82, 2.24) is 0 Å². The predicted molar refractivity (Wildman–Crippen MR) is 102 cm³/mol. The Labute approximate surface area is 161 Å². The fraction of sp³-hybridized carbons (Fsp3) is 0.0952. The molecule has 6 heteroatoms. The molecule has 0 saturated heterocycles. The van der Waals surface area contributed by atoms with Crippen LogP contribution in [0.2, 0.25) is 5.02 Å². The van der Waals surface area contributed by atoms with Gasteiger partial charge >= 0.3 is 5.97 Å². The molecule has 0 saturated carbocycles. The summed E-state index contributed by atoms with van der Waals surface area (Å²) in [5, 5.41) is 0.256. The van der Waals surface area contributed by atoms with E-state index in [0.29, 0.717) is 5.69 Å². The molecule has 0 aliphatic rings. The Morgan fingerprint density at radius 3 is 2.52 bits per heavy atom. The Balaban J connectivity index is 1.69. The van der Waals surface area contributed by atoms with Crippen molar-refractivity contribution in [2.24, 2.45) is 0 Å². The van der Waals surface area contributed by atoms with Crippen molar-refractivity contribution in [3.8, 4) is 5.75 Å². The van der Waals surface area contributed by atoms with Crippen LogP contribution in [-0.2, 0) is 18.0 Å². The van der Waals surface area contributed by atoms with Crippen LogP contribution in [0.3, 0.4) is 0 Å². The summed E-state index contributed by atoms with van der Waals surface area (Å²) >= 11 is 5.99. The molecule has 0 aromatic heterocycles. The van der Waals surface area contributed by atoms with Crippen LogP contribution in [0.25, 0.3) is 0 Å². The molecule has 0 amide bonds. The van der Waals surface area contributed by atoms with Gasteiger partial charge in [0.1, 0.15) is 24.8 Å². The van der Waals surface area contributed by atoms with E-state index in [1.807, 2.05) is 30.3 Å². The fourth-order valence-corrected chi connectivity index (χ4v) is 2.63. The molecule has 4 nitrogen and oxygen atoms in total. The highest BCUT2D eigenvalue weighted by Crippen LogP contribution is 2.26. The lowest BCUT2D eigenvalue weighted by Crippen LogP contribution is -2.07. The number of hydrogen-bond acceptors (Lipinski definition) is 4. The van der Waals surface area contributed by atoms with E-state index in [4.69, 9.17) is 26.8 Å². The summed E-state index contributed by atoms with van der Waals surface area (Å²) in [4.78, 5) is 12.3. The van der Waals surface area contributed by atoms with Crippen LogP contribution >= 0.6 is 11.6 Å². The zero-order valence-corrected chi connectivity index (χ0v) is 15.1. The standard InChI is InChI=1S/C21H17ClFNO3/c22-17-7-4-8-18(23)16(17)13-26-20-11-15(9-10-19(20)24)21(25)27-12-14-5-2-1-3-6-14/h1-11H,12-13,24H2. The molecule has 0 spiro atoms. The minimum Gasteiger partial charge on any atom is -0.487 e. The Morgan fingerprint density at radius 1 is 1.00 bits per heavy atom. The van der Waals surface area contributed by atoms with E-state index in [9.17, 15) is 9.18 Å². The van der Waals surface area contributed by atoms with Gasteiger partial charge in [0.25, 0.3) is 0 Å². The monoisotopic (exact) mass is 385 g/mol. The minimum atomic E-state index is -0.507. The summed E-state index contributed by atoms with van der Waals surface area (Å²) in [6, 6.07) is 18.3. The van der Waals surface area contributed by atoms with Gasteiger partial charge < -0.3 is 15.2 Å². The van der Waals surface area contributed by atoms with Crippen molar-refractivity contribution in [2.75, 3.05) is 5.73 Å². The number of carbonyl (C=O) groups excluding carboxylic acids is 1. The minimum absolute atomic E-state index is 0.113. The highest BCUT2D eigenvalue weighted by atomic mass is 35.5. The van der Waals surface area contributed by atoms with Gasteiger partial charge in [-0.2, -0.15) is 0 Å². The van der Waals surface area contributed by atoms with Gasteiger partial charge in [-0.3, -0.25) is 0 Å². The first-order valence-corrected chi connectivity index (χ1v) is 8.58. The molecule has 3 aromatic carbocycles. The lowest BCUT2D eigenvalue weighted by molar-refractivity contribution is 0.0472. The molecule has 0 aliphatic heterocycles. The van der Waals surface area contributed by atoms with Crippen molar-refractivity contribution >= 4 is 23.3 Å². The molecule has 0 heterocycles. The highest BCUT2D eigenvalue weighted by Gasteiger charge is 2.13. The second-order valence-corrected chi connectivity index (χ2v) is 6.21. The molecule has 3 rings (SSSR count). The Hall–Kier alpha value is -3.05. The zero-order valence-electron chi connectivity index (χ0n) is 14.3. The molecule has 27 heavy (non-hydrogen) atoms. The van der Waals surface area contributed by atoms with Crippen LogP contribution in [0, 0.1) is 5.82 Å². The third-order valence-electron chi connectivity index (χ3n) is 3.90. The van der Waals surface area contributed by atoms with E-state index in [2.05, 4.69) is 0 Å². The van der Waals surface area contributed by atoms with E-state index in [-0.39, 0.29) is 35.1 Å². The van der Waals surface area contributed by atoms with Crippen molar-refractivity contribution in [2.45, 2.75) is 13.2 Å². The maximum Gasteiger partial charge on any atom is 0.338 e.